The van der Waals surface area contributed by atoms with E-state index in [1.165, 1.54) is 31.6 Å². The molecule has 2 aromatic heterocycles. The highest BCUT2D eigenvalue weighted by Gasteiger charge is 2.69. The molecule has 174 valence electrons. The quantitative estimate of drug-likeness (QED) is 0.571. The zero-order valence-electron chi connectivity index (χ0n) is 17.6. The standard InChI is InChI=1S/C14H14F4O.C9H7N3O2/c1-19-13-8(3-5-11(15)12(13)16)7-2-4-9-10(6-7)14(9,17)18;10-9(14)8-7-5(1-3-12-8)11-4-2-6(7)13/h3,5,7,9-10H,2,4,6H2,1H3;1-4H,(H2,10,14)(H,11,13). The van der Waals surface area contributed by atoms with Crippen molar-refractivity contribution < 1.29 is 27.1 Å². The number of nitrogens with two attached hydrogens (primary N) is 1. The van der Waals surface area contributed by atoms with E-state index in [1.54, 1.807) is 6.07 Å². The maximum absolute atomic E-state index is 13.6. The van der Waals surface area contributed by atoms with Gasteiger partial charge in [-0.2, -0.15) is 4.39 Å². The zero-order valence-corrected chi connectivity index (χ0v) is 17.6. The molecule has 1 aromatic carbocycles. The third-order valence-electron chi connectivity index (χ3n) is 6.36. The number of aromatic amines is 1. The molecule has 0 saturated heterocycles. The van der Waals surface area contributed by atoms with Crippen LogP contribution in [0.15, 0.2) is 41.5 Å². The molecule has 33 heavy (non-hydrogen) atoms. The number of methoxy groups -OCH3 is 1. The first kappa shape index (κ1) is 22.8. The maximum Gasteiger partial charge on any atom is 0.268 e. The number of ether oxygens (including phenoxy) is 1. The molecule has 3 atom stereocenters. The molecule has 2 aliphatic carbocycles. The predicted molar refractivity (Wildman–Crippen MR) is 112 cm³/mol. The van der Waals surface area contributed by atoms with Gasteiger partial charge in [-0.25, -0.2) is 13.2 Å². The summed E-state index contributed by atoms with van der Waals surface area (Å²) in [5.41, 5.74) is 5.89. The highest BCUT2D eigenvalue weighted by molar-refractivity contribution is 6.03. The Morgan fingerprint density at radius 3 is 2.61 bits per heavy atom. The maximum atomic E-state index is 13.6. The summed E-state index contributed by atoms with van der Waals surface area (Å²) in [5.74, 6) is -6.74. The van der Waals surface area contributed by atoms with Gasteiger partial charge in [0, 0.05) is 35.9 Å². The molecule has 2 fully saturated rings. The number of pyridine rings is 2. The lowest BCUT2D eigenvalue weighted by molar-refractivity contribution is 0.0847. The molecule has 3 N–H and O–H groups in total. The number of nitrogens with zero attached hydrogens (tertiary/aromatic N) is 1. The van der Waals surface area contributed by atoms with Gasteiger partial charge in [-0.1, -0.05) is 6.07 Å². The first-order valence-electron chi connectivity index (χ1n) is 10.3. The summed E-state index contributed by atoms with van der Waals surface area (Å²) < 4.78 is 58.4. The fraction of sp³-hybridized carbons (Fsp3) is 0.348. The first-order chi connectivity index (χ1) is 15.7. The molecule has 0 radical (unpaired) electrons. The zero-order chi connectivity index (χ0) is 23.9. The summed E-state index contributed by atoms with van der Waals surface area (Å²) in [6.45, 7) is 0. The third-order valence-corrected chi connectivity index (χ3v) is 6.36. The Morgan fingerprint density at radius 2 is 1.94 bits per heavy atom. The Balaban J connectivity index is 0.000000165. The predicted octanol–water partition coefficient (Wildman–Crippen LogP) is 4.14. The van der Waals surface area contributed by atoms with Gasteiger partial charge < -0.3 is 15.5 Å². The summed E-state index contributed by atoms with van der Waals surface area (Å²) in [6, 6.07) is 5.42. The van der Waals surface area contributed by atoms with Crippen LogP contribution in [0.25, 0.3) is 10.9 Å². The summed E-state index contributed by atoms with van der Waals surface area (Å²) in [5, 5.41) is 0.238. The third kappa shape index (κ3) is 4.05. The van der Waals surface area contributed by atoms with Crippen molar-refractivity contribution in [1.82, 2.24) is 9.97 Å². The second-order valence-electron chi connectivity index (χ2n) is 8.17. The minimum Gasteiger partial charge on any atom is -0.493 e. The Labute approximate surface area is 185 Å². The number of nitrogens with one attached hydrogen (secondary N) is 1. The molecule has 3 unspecified atom stereocenters. The van der Waals surface area contributed by atoms with Gasteiger partial charge in [-0.3, -0.25) is 14.6 Å². The fourth-order valence-corrected chi connectivity index (χ4v) is 4.65. The van der Waals surface area contributed by atoms with E-state index in [4.69, 9.17) is 10.5 Å². The number of carbonyl (C=O) groups is 1. The Kier molecular flexibility index (Phi) is 5.85. The van der Waals surface area contributed by atoms with E-state index in [2.05, 4.69) is 9.97 Å². The van der Waals surface area contributed by atoms with Crippen LogP contribution < -0.4 is 15.9 Å². The highest BCUT2D eigenvalue weighted by atomic mass is 19.3. The van der Waals surface area contributed by atoms with Gasteiger partial charge in [0.25, 0.3) is 11.8 Å². The molecular formula is C23H21F4N3O3. The number of amides is 1. The largest absolute Gasteiger partial charge is 0.493 e. The first-order valence-corrected chi connectivity index (χ1v) is 10.3. The number of primary amides is 1. The molecule has 10 heteroatoms. The smallest absolute Gasteiger partial charge is 0.268 e. The van der Waals surface area contributed by atoms with Crippen LogP contribution in [-0.4, -0.2) is 28.9 Å². The summed E-state index contributed by atoms with van der Waals surface area (Å²) in [4.78, 5) is 29.0. The van der Waals surface area contributed by atoms with E-state index in [1.807, 2.05) is 0 Å². The lowest BCUT2D eigenvalue weighted by Gasteiger charge is -2.22. The average molecular weight is 463 g/mol. The summed E-state index contributed by atoms with van der Waals surface area (Å²) >= 11 is 0. The van der Waals surface area contributed by atoms with E-state index in [0.29, 0.717) is 30.3 Å². The molecule has 0 aliphatic heterocycles. The number of H-pyrrole nitrogens is 1. The van der Waals surface area contributed by atoms with Gasteiger partial charge in [0.15, 0.2) is 17.0 Å². The van der Waals surface area contributed by atoms with Crippen LogP contribution in [0.3, 0.4) is 0 Å². The average Bonchev–Trinajstić information content (AvgIpc) is 3.35. The van der Waals surface area contributed by atoms with Gasteiger partial charge in [-0.05, 0) is 37.3 Å². The van der Waals surface area contributed by atoms with Crippen LogP contribution >= 0.6 is 0 Å². The van der Waals surface area contributed by atoms with Crippen LogP contribution in [0.5, 0.6) is 5.75 Å². The van der Waals surface area contributed by atoms with Crippen molar-refractivity contribution in [3.05, 3.63) is 69.8 Å². The number of hydrogen-bond acceptors (Lipinski definition) is 4. The van der Waals surface area contributed by atoms with E-state index in [9.17, 15) is 27.2 Å². The van der Waals surface area contributed by atoms with Crippen molar-refractivity contribution >= 4 is 16.8 Å². The van der Waals surface area contributed by atoms with E-state index in [-0.39, 0.29) is 28.2 Å². The fourth-order valence-electron chi connectivity index (χ4n) is 4.65. The van der Waals surface area contributed by atoms with Gasteiger partial charge in [0.1, 0.15) is 5.69 Å². The lowest BCUT2D eigenvalue weighted by atomic mass is 9.83. The van der Waals surface area contributed by atoms with Crippen molar-refractivity contribution in [2.45, 2.75) is 31.1 Å². The molecule has 0 spiro atoms. The van der Waals surface area contributed by atoms with Crippen molar-refractivity contribution in [1.29, 1.82) is 0 Å². The molecule has 2 heterocycles. The lowest BCUT2D eigenvalue weighted by Crippen LogP contribution is -2.17. The van der Waals surface area contributed by atoms with Crippen molar-refractivity contribution in [2.75, 3.05) is 7.11 Å². The van der Waals surface area contributed by atoms with Crippen molar-refractivity contribution in [3.8, 4) is 5.75 Å². The number of halogens is 4. The number of fused-ring (bicyclic) bond motifs is 2. The Bertz CT molecular complexity index is 1270. The number of aromatic nitrogens is 2. The Morgan fingerprint density at radius 1 is 1.18 bits per heavy atom. The SMILES string of the molecule is COc1c(C2CCC3C(C2)C3(F)F)ccc(F)c1F.NC(=O)c1nccc2[nH]ccc(=O)c12. The molecular weight excluding hydrogens is 442 g/mol. The minimum atomic E-state index is -2.57. The molecule has 5 rings (SSSR count). The molecule has 0 bridgehead atoms. The van der Waals surface area contributed by atoms with E-state index < -0.39 is 35.3 Å². The van der Waals surface area contributed by atoms with Gasteiger partial charge >= 0.3 is 0 Å². The van der Waals surface area contributed by atoms with Crippen molar-refractivity contribution in [2.24, 2.45) is 17.6 Å². The van der Waals surface area contributed by atoms with Gasteiger partial charge in [-0.15, -0.1) is 0 Å². The monoisotopic (exact) mass is 463 g/mol. The molecule has 2 aliphatic rings. The highest BCUT2D eigenvalue weighted by Crippen LogP contribution is 2.65. The van der Waals surface area contributed by atoms with Crippen LogP contribution in [0.1, 0.15) is 41.2 Å². The van der Waals surface area contributed by atoms with E-state index in [0.717, 1.165) is 6.07 Å². The van der Waals surface area contributed by atoms with Crippen LogP contribution in [0, 0.1) is 23.5 Å². The topological polar surface area (TPSA) is 98.1 Å². The number of benzene rings is 1. The van der Waals surface area contributed by atoms with Crippen molar-refractivity contribution in [3.63, 3.8) is 0 Å². The van der Waals surface area contributed by atoms with Gasteiger partial charge in [0.2, 0.25) is 5.82 Å². The number of carbonyl (C=O) groups excluding carboxylic acids is 1. The summed E-state index contributed by atoms with van der Waals surface area (Å²) in [7, 11) is 1.26. The van der Waals surface area contributed by atoms with Gasteiger partial charge in [0.05, 0.1) is 18.0 Å². The normalized spacial score (nSPS) is 22.6. The Hall–Kier alpha value is -3.43. The van der Waals surface area contributed by atoms with Crippen LogP contribution in [0.2, 0.25) is 0 Å². The minimum absolute atomic E-state index is 0.00403. The number of hydrogen-bond donors (Lipinski definition) is 2. The summed E-state index contributed by atoms with van der Waals surface area (Å²) in [6.07, 6.45) is 4.26. The molecule has 6 nitrogen and oxygen atoms in total. The number of rotatable bonds is 3. The number of alkyl halides is 2. The second-order valence-corrected chi connectivity index (χ2v) is 8.17. The molecule has 2 saturated carbocycles. The van der Waals surface area contributed by atoms with Crippen LogP contribution in [-0.2, 0) is 0 Å². The molecule has 1 amide bonds. The molecule has 3 aromatic rings. The van der Waals surface area contributed by atoms with E-state index >= 15 is 0 Å². The van der Waals surface area contributed by atoms with Crippen LogP contribution in [0.4, 0.5) is 17.6 Å². The second kappa shape index (κ2) is 8.49.